The number of nitrogens with zero attached hydrogens (tertiary/aromatic N) is 1. The summed E-state index contributed by atoms with van der Waals surface area (Å²) in [5.74, 6) is 0.769. The molecule has 0 aromatic heterocycles. The Morgan fingerprint density at radius 2 is 2.36 bits per heavy atom. The standard InChI is InChI=1S/C11H20N2O/c1-9(2)5-6-13-8-10(7-12)3-4-11(13)14/h5,10H,3-4,6-8,12H2,1-2H3. The quantitative estimate of drug-likeness (QED) is 0.688. The highest BCUT2D eigenvalue weighted by atomic mass is 16.2. The molecule has 80 valence electrons. The van der Waals surface area contributed by atoms with Crippen LogP contribution in [0.2, 0.25) is 0 Å². The van der Waals surface area contributed by atoms with Crippen molar-refractivity contribution in [2.75, 3.05) is 19.6 Å². The molecule has 0 saturated carbocycles. The molecule has 14 heavy (non-hydrogen) atoms. The van der Waals surface area contributed by atoms with Crippen molar-refractivity contribution in [1.82, 2.24) is 4.90 Å². The zero-order chi connectivity index (χ0) is 10.6. The van der Waals surface area contributed by atoms with E-state index in [1.807, 2.05) is 4.90 Å². The van der Waals surface area contributed by atoms with Crippen LogP contribution in [0.1, 0.15) is 26.7 Å². The van der Waals surface area contributed by atoms with E-state index >= 15 is 0 Å². The van der Waals surface area contributed by atoms with Crippen molar-refractivity contribution in [2.45, 2.75) is 26.7 Å². The van der Waals surface area contributed by atoms with Gasteiger partial charge in [0.25, 0.3) is 0 Å². The van der Waals surface area contributed by atoms with E-state index in [2.05, 4.69) is 19.9 Å². The summed E-state index contributed by atoms with van der Waals surface area (Å²) < 4.78 is 0. The van der Waals surface area contributed by atoms with Gasteiger partial charge in [-0.15, -0.1) is 0 Å². The maximum atomic E-state index is 11.5. The van der Waals surface area contributed by atoms with E-state index in [1.54, 1.807) is 0 Å². The highest BCUT2D eigenvalue weighted by Gasteiger charge is 2.23. The molecular weight excluding hydrogens is 176 g/mol. The molecule has 1 heterocycles. The third-order valence-corrected chi connectivity index (χ3v) is 2.65. The van der Waals surface area contributed by atoms with Crippen molar-refractivity contribution in [3.63, 3.8) is 0 Å². The number of hydrogen-bond donors (Lipinski definition) is 1. The molecule has 3 nitrogen and oxygen atoms in total. The second-order valence-electron chi connectivity index (χ2n) is 4.22. The zero-order valence-electron chi connectivity index (χ0n) is 9.12. The molecule has 0 bridgehead atoms. The zero-order valence-corrected chi connectivity index (χ0v) is 9.12. The smallest absolute Gasteiger partial charge is 0.222 e. The second-order valence-corrected chi connectivity index (χ2v) is 4.22. The third kappa shape index (κ3) is 3.14. The lowest BCUT2D eigenvalue weighted by Gasteiger charge is -2.31. The Morgan fingerprint density at radius 1 is 1.64 bits per heavy atom. The average molecular weight is 196 g/mol. The molecule has 1 aliphatic rings. The molecule has 1 aliphatic heterocycles. The minimum absolute atomic E-state index is 0.271. The number of allylic oxidation sites excluding steroid dienone is 1. The van der Waals surface area contributed by atoms with Crippen molar-refractivity contribution >= 4 is 5.91 Å². The van der Waals surface area contributed by atoms with Crippen LogP contribution in [0.3, 0.4) is 0 Å². The van der Waals surface area contributed by atoms with Crippen LogP contribution in [-0.2, 0) is 4.79 Å². The Morgan fingerprint density at radius 3 is 2.93 bits per heavy atom. The lowest BCUT2D eigenvalue weighted by molar-refractivity contribution is -0.134. The molecule has 0 spiro atoms. The summed E-state index contributed by atoms with van der Waals surface area (Å²) in [4.78, 5) is 13.4. The predicted molar refractivity (Wildman–Crippen MR) is 57.8 cm³/mol. The fourth-order valence-corrected chi connectivity index (χ4v) is 1.65. The van der Waals surface area contributed by atoms with Crippen LogP contribution < -0.4 is 5.73 Å². The van der Waals surface area contributed by atoms with E-state index in [0.29, 0.717) is 18.9 Å². The van der Waals surface area contributed by atoms with Gasteiger partial charge in [0.2, 0.25) is 5.91 Å². The van der Waals surface area contributed by atoms with Crippen LogP contribution in [-0.4, -0.2) is 30.4 Å². The first-order valence-corrected chi connectivity index (χ1v) is 5.24. The average Bonchev–Trinajstić information content (AvgIpc) is 2.16. The SMILES string of the molecule is CC(C)=CCN1CC(CN)CCC1=O. The number of carbonyl (C=O) groups excluding carboxylic acids is 1. The lowest BCUT2D eigenvalue weighted by atomic mass is 9.98. The minimum Gasteiger partial charge on any atom is -0.339 e. The van der Waals surface area contributed by atoms with Crippen molar-refractivity contribution < 1.29 is 4.79 Å². The van der Waals surface area contributed by atoms with Gasteiger partial charge < -0.3 is 10.6 Å². The van der Waals surface area contributed by atoms with Crippen LogP contribution in [0.4, 0.5) is 0 Å². The molecular formula is C11H20N2O. The van der Waals surface area contributed by atoms with Crippen LogP contribution in [0.25, 0.3) is 0 Å². The van der Waals surface area contributed by atoms with Crippen molar-refractivity contribution in [1.29, 1.82) is 0 Å². The molecule has 1 amide bonds. The van der Waals surface area contributed by atoms with E-state index in [9.17, 15) is 4.79 Å². The molecule has 1 unspecified atom stereocenters. The highest BCUT2D eigenvalue weighted by molar-refractivity contribution is 5.77. The van der Waals surface area contributed by atoms with Crippen LogP contribution in [0.5, 0.6) is 0 Å². The summed E-state index contributed by atoms with van der Waals surface area (Å²) in [6, 6.07) is 0. The highest BCUT2D eigenvalue weighted by Crippen LogP contribution is 2.16. The van der Waals surface area contributed by atoms with Gasteiger partial charge in [-0.25, -0.2) is 0 Å². The Kier molecular flexibility index (Phi) is 4.14. The van der Waals surface area contributed by atoms with Gasteiger partial charge in [-0.3, -0.25) is 4.79 Å². The normalized spacial score (nSPS) is 22.4. The van der Waals surface area contributed by atoms with Gasteiger partial charge in [0, 0.05) is 19.5 Å². The monoisotopic (exact) mass is 196 g/mol. The molecule has 1 atom stereocenters. The van der Waals surface area contributed by atoms with Gasteiger partial charge in [0.1, 0.15) is 0 Å². The first-order chi connectivity index (χ1) is 6.63. The van der Waals surface area contributed by atoms with E-state index in [1.165, 1.54) is 5.57 Å². The van der Waals surface area contributed by atoms with E-state index in [-0.39, 0.29) is 5.91 Å². The maximum Gasteiger partial charge on any atom is 0.222 e. The molecule has 1 rings (SSSR count). The first kappa shape index (κ1) is 11.2. The fraction of sp³-hybridized carbons (Fsp3) is 0.727. The molecule has 0 aliphatic carbocycles. The summed E-state index contributed by atoms with van der Waals surface area (Å²) in [5.41, 5.74) is 6.87. The number of hydrogen-bond acceptors (Lipinski definition) is 2. The van der Waals surface area contributed by atoms with Crippen LogP contribution in [0, 0.1) is 5.92 Å². The Bertz CT molecular complexity index is 231. The van der Waals surface area contributed by atoms with Gasteiger partial charge in [-0.1, -0.05) is 11.6 Å². The lowest BCUT2D eigenvalue weighted by Crippen LogP contribution is -2.42. The molecule has 2 N–H and O–H groups in total. The number of likely N-dealkylation sites (tertiary alicyclic amines) is 1. The first-order valence-electron chi connectivity index (χ1n) is 5.24. The maximum absolute atomic E-state index is 11.5. The van der Waals surface area contributed by atoms with E-state index in [0.717, 1.165) is 19.5 Å². The summed E-state index contributed by atoms with van der Waals surface area (Å²) in [5, 5.41) is 0. The van der Waals surface area contributed by atoms with Gasteiger partial charge in [-0.2, -0.15) is 0 Å². The molecule has 3 heteroatoms. The Labute approximate surface area is 86.0 Å². The summed E-state index contributed by atoms with van der Waals surface area (Å²) >= 11 is 0. The molecule has 1 saturated heterocycles. The molecule has 0 aromatic rings. The number of piperidine rings is 1. The second kappa shape index (κ2) is 5.15. The van der Waals surface area contributed by atoms with Gasteiger partial charge in [0.15, 0.2) is 0 Å². The third-order valence-electron chi connectivity index (χ3n) is 2.65. The van der Waals surface area contributed by atoms with Crippen molar-refractivity contribution in [3.05, 3.63) is 11.6 Å². The van der Waals surface area contributed by atoms with Crippen molar-refractivity contribution in [3.8, 4) is 0 Å². The Hall–Kier alpha value is -0.830. The van der Waals surface area contributed by atoms with Gasteiger partial charge in [0.05, 0.1) is 0 Å². The molecule has 0 aromatic carbocycles. The van der Waals surface area contributed by atoms with Gasteiger partial charge in [-0.05, 0) is 32.7 Å². The van der Waals surface area contributed by atoms with E-state index in [4.69, 9.17) is 5.73 Å². The number of nitrogens with two attached hydrogens (primary N) is 1. The largest absolute Gasteiger partial charge is 0.339 e. The minimum atomic E-state index is 0.271. The summed E-state index contributed by atoms with van der Waals surface area (Å²) in [7, 11) is 0. The van der Waals surface area contributed by atoms with Crippen LogP contribution >= 0.6 is 0 Å². The predicted octanol–water partition coefficient (Wildman–Crippen LogP) is 1.15. The van der Waals surface area contributed by atoms with Crippen molar-refractivity contribution in [2.24, 2.45) is 11.7 Å². The summed E-state index contributed by atoms with van der Waals surface area (Å²) in [6.07, 6.45) is 3.72. The number of amides is 1. The molecule has 1 fully saturated rings. The molecule has 0 radical (unpaired) electrons. The topological polar surface area (TPSA) is 46.3 Å². The summed E-state index contributed by atoms with van der Waals surface area (Å²) in [6.45, 7) is 6.37. The van der Waals surface area contributed by atoms with E-state index < -0.39 is 0 Å². The Balaban J connectivity index is 2.48. The number of carbonyl (C=O) groups is 1. The van der Waals surface area contributed by atoms with Gasteiger partial charge >= 0.3 is 0 Å². The fourth-order valence-electron chi connectivity index (χ4n) is 1.65. The van der Waals surface area contributed by atoms with Crippen LogP contribution in [0.15, 0.2) is 11.6 Å². The number of rotatable bonds is 3.